The molecule has 3 rings (SSSR count). The number of ether oxygens (including phenoxy) is 1. The lowest BCUT2D eigenvalue weighted by molar-refractivity contribution is -0.133. The van der Waals surface area contributed by atoms with Crippen LogP contribution in [-0.4, -0.2) is 21.8 Å². The average Bonchev–Trinajstić information content (AvgIpc) is 2.64. The molecule has 0 spiro atoms. The van der Waals surface area contributed by atoms with Crippen molar-refractivity contribution in [3.05, 3.63) is 34.9 Å². The van der Waals surface area contributed by atoms with Crippen LogP contribution in [0, 0.1) is 5.92 Å². The average molecular weight is 401 g/mol. The van der Waals surface area contributed by atoms with E-state index in [0.717, 1.165) is 24.0 Å². The highest BCUT2D eigenvalue weighted by Crippen LogP contribution is 2.54. The third-order valence-electron chi connectivity index (χ3n) is 6.97. The zero-order valence-electron chi connectivity index (χ0n) is 18.5. The Morgan fingerprint density at radius 3 is 2.62 bits per heavy atom. The van der Waals surface area contributed by atoms with Gasteiger partial charge in [0.05, 0.1) is 0 Å². The Kier molecular flexibility index (Phi) is 6.03. The first-order valence-electron chi connectivity index (χ1n) is 11.1. The van der Waals surface area contributed by atoms with E-state index in [1.165, 1.54) is 25.7 Å². The summed E-state index contributed by atoms with van der Waals surface area (Å²) in [4.78, 5) is 11.6. The first kappa shape index (κ1) is 21.7. The first-order chi connectivity index (χ1) is 13.6. The summed E-state index contributed by atoms with van der Waals surface area (Å²) in [7, 11) is 0. The number of hydrogen-bond donors (Lipinski definition) is 2. The van der Waals surface area contributed by atoms with Gasteiger partial charge in [-0.05, 0) is 56.2 Å². The largest absolute Gasteiger partial charge is 0.507 e. The number of benzene rings is 1. The number of aromatic hydroxyl groups is 1. The Labute approximate surface area is 175 Å². The summed E-state index contributed by atoms with van der Waals surface area (Å²) in [6, 6.07) is 3.95. The van der Waals surface area contributed by atoms with E-state index < -0.39 is 11.6 Å². The van der Waals surface area contributed by atoms with Gasteiger partial charge >= 0.3 is 5.97 Å². The summed E-state index contributed by atoms with van der Waals surface area (Å²) in [5, 5.41) is 20.5. The van der Waals surface area contributed by atoms with Gasteiger partial charge in [-0.25, -0.2) is 4.79 Å². The van der Waals surface area contributed by atoms with Crippen LogP contribution in [0.3, 0.4) is 0 Å². The second kappa shape index (κ2) is 8.04. The highest BCUT2D eigenvalue weighted by molar-refractivity contribution is 5.87. The van der Waals surface area contributed by atoms with Gasteiger partial charge in [-0.15, -0.1) is 0 Å². The van der Waals surface area contributed by atoms with Crippen molar-refractivity contribution in [2.75, 3.05) is 0 Å². The van der Waals surface area contributed by atoms with Crippen LogP contribution in [0.4, 0.5) is 0 Å². The Morgan fingerprint density at radius 1 is 1.24 bits per heavy atom. The number of aliphatic carboxylic acids is 1. The second-order valence-electron chi connectivity index (χ2n) is 9.98. The number of carboxylic acids is 1. The fourth-order valence-electron chi connectivity index (χ4n) is 5.07. The number of phenols is 1. The van der Waals surface area contributed by atoms with Crippen molar-refractivity contribution in [3.8, 4) is 11.5 Å². The van der Waals surface area contributed by atoms with Gasteiger partial charge in [-0.1, -0.05) is 52.5 Å². The molecule has 4 heteroatoms. The fraction of sp³-hybridized carbons (Fsp3) is 0.640. The summed E-state index contributed by atoms with van der Waals surface area (Å²) in [6.45, 7) is 10.8. The lowest BCUT2D eigenvalue weighted by Gasteiger charge is -2.46. The molecule has 1 aliphatic heterocycles. The maximum atomic E-state index is 11.6. The molecule has 0 saturated carbocycles. The molecule has 1 aromatic carbocycles. The van der Waals surface area contributed by atoms with E-state index in [0.29, 0.717) is 17.7 Å². The van der Waals surface area contributed by atoms with Crippen LogP contribution in [-0.2, 0) is 10.2 Å². The van der Waals surface area contributed by atoms with E-state index in [1.807, 2.05) is 12.1 Å². The Morgan fingerprint density at radius 2 is 1.97 bits per heavy atom. The maximum Gasteiger partial charge on any atom is 0.331 e. The lowest BCUT2D eigenvalue weighted by Crippen LogP contribution is -2.45. The Bertz CT molecular complexity index is 803. The molecule has 2 atom stereocenters. The highest BCUT2D eigenvalue weighted by Gasteiger charge is 2.46. The van der Waals surface area contributed by atoms with E-state index in [-0.39, 0.29) is 23.0 Å². The molecule has 1 unspecified atom stereocenters. The van der Waals surface area contributed by atoms with E-state index in [1.54, 1.807) is 0 Å². The number of unbranched alkanes of at least 4 members (excludes halogenated alkanes) is 3. The van der Waals surface area contributed by atoms with Crippen LogP contribution in [0.25, 0.3) is 0 Å². The van der Waals surface area contributed by atoms with Crippen molar-refractivity contribution in [2.45, 2.75) is 96.5 Å². The van der Waals surface area contributed by atoms with Crippen LogP contribution >= 0.6 is 0 Å². The van der Waals surface area contributed by atoms with E-state index >= 15 is 0 Å². The van der Waals surface area contributed by atoms with Gasteiger partial charge in [0.1, 0.15) is 17.1 Å². The topological polar surface area (TPSA) is 66.8 Å². The lowest BCUT2D eigenvalue weighted by atomic mass is 9.67. The molecule has 1 aromatic rings. The van der Waals surface area contributed by atoms with Crippen molar-refractivity contribution in [2.24, 2.45) is 5.92 Å². The number of allylic oxidation sites excluding steroid dienone is 1. The molecule has 160 valence electrons. The number of fused-ring (bicyclic) bond motifs is 3. The van der Waals surface area contributed by atoms with Gasteiger partial charge in [0.25, 0.3) is 0 Å². The van der Waals surface area contributed by atoms with Crippen molar-refractivity contribution >= 4 is 5.97 Å². The van der Waals surface area contributed by atoms with Gasteiger partial charge in [-0.3, -0.25) is 0 Å². The zero-order chi connectivity index (χ0) is 21.4. The third-order valence-corrected chi connectivity index (χ3v) is 6.97. The number of phenolic OH excluding ortho intramolecular Hbond substituents is 1. The van der Waals surface area contributed by atoms with Crippen molar-refractivity contribution in [1.82, 2.24) is 0 Å². The van der Waals surface area contributed by atoms with Crippen LogP contribution in [0.2, 0.25) is 0 Å². The van der Waals surface area contributed by atoms with Gasteiger partial charge in [0.15, 0.2) is 0 Å². The highest BCUT2D eigenvalue weighted by atomic mass is 16.5. The molecule has 0 amide bonds. The van der Waals surface area contributed by atoms with Crippen LogP contribution in [0.1, 0.15) is 96.6 Å². The van der Waals surface area contributed by atoms with Crippen LogP contribution in [0.15, 0.2) is 23.8 Å². The van der Waals surface area contributed by atoms with E-state index in [9.17, 15) is 15.0 Å². The summed E-state index contributed by atoms with van der Waals surface area (Å²) in [5.41, 5.74) is 1.80. The van der Waals surface area contributed by atoms with Crippen molar-refractivity contribution in [3.63, 3.8) is 0 Å². The molecular weight excluding hydrogens is 364 g/mol. The predicted octanol–water partition coefficient (Wildman–Crippen LogP) is 6.32. The molecule has 1 aliphatic carbocycles. The minimum absolute atomic E-state index is 0.0563. The molecule has 1 heterocycles. The van der Waals surface area contributed by atoms with Gasteiger partial charge in [0.2, 0.25) is 0 Å². The first-order valence-corrected chi connectivity index (χ1v) is 11.1. The summed E-state index contributed by atoms with van der Waals surface area (Å²) < 4.78 is 6.41. The predicted molar refractivity (Wildman–Crippen MR) is 116 cm³/mol. The summed E-state index contributed by atoms with van der Waals surface area (Å²) >= 11 is 0. The third kappa shape index (κ3) is 4.31. The molecule has 0 fully saturated rings. The number of hydrogen-bond acceptors (Lipinski definition) is 3. The maximum absolute atomic E-state index is 11.6. The van der Waals surface area contributed by atoms with Crippen molar-refractivity contribution < 1.29 is 19.7 Å². The van der Waals surface area contributed by atoms with Crippen LogP contribution < -0.4 is 4.74 Å². The Hall–Kier alpha value is -1.97. The minimum Gasteiger partial charge on any atom is -0.507 e. The molecule has 2 N–H and O–H groups in total. The number of rotatable bonds is 7. The molecule has 29 heavy (non-hydrogen) atoms. The second-order valence-corrected chi connectivity index (χ2v) is 9.98. The molecule has 0 aromatic heterocycles. The van der Waals surface area contributed by atoms with Gasteiger partial charge in [0, 0.05) is 23.0 Å². The van der Waals surface area contributed by atoms with Gasteiger partial charge < -0.3 is 14.9 Å². The van der Waals surface area contributed by atoms with E-state index in [2.05, 4.69) is 40.7 Å². The molecule has 0 radical (unpaired) electrons. The summed E-state index contributed by atoms with van der Waals surface area (Å²) in [5.74, 6) is 0.0918. The number of carbonyl (C=O) groups is 1. The summed E-state index contributed by atoms with van der Waals surface area (Å²) in [6.07, 6.45) is 9.06. The standard InChI is InChI=1S/C25H36O4/c1-6-7-8-9-12-24(2,3)17-14-20(26)22-18-13-16(23(27)28)10-11-19(18)25(4,5)29-21(22)15-17/h13-15,18-19,26H,6-12H2,1-5H3,(H,27,28)/t18?,19-/m1/s1. The zero-order valence-corrected chi connectivity index (χ0v) is 18.5. The number of carboxylic acid groups (broad SMARTS) is 1. The molecule has 2 aliphatic rings. The monoisotopic (exact) mass is 400 g/mol. The fourth-order valence-corrected chi connectivity index (χ4v) is 5.07. The normalized spacial score (nSPS) is 22.9. The molecule has 0 bridgehead atoms. The SMILES string of the molecule is CCCCCCC(C)(C)c1cc(O)c2c(c1)OC(C)(C)[C@@H]1CCC(C(=O)O)=CC21. The van der Waals surface area contributed by atoms with Crippen LogP contribution in [0.5, 0.6) is 11.5 Å². The van der Waals surface area contributed by atoms with Gasteiger partial charge in [-0.2, -0.15) is 0 Å². The molecule has 4 nitrogen and oxygen atoms in total. The molecule has 0 saturated heterocycles. The smallest absolute Gasteiger partial charge is 0.331 e. The van der Waals surface area contributed by atoms with Crippen molar-refractivity contribution in [1.29, 1.82) is 0 Å². The Balaban J connectivity index is 1.98. The minimum atomic E-state index is -0.862. The molecular formula is C25H36O4. The quantitative estimate of drug-likeness (QED) is 0.526. The van der Waals surface area contributed by atoms with E-state index in [4.69, 9.17) is 4.74 Å².